The molecule has 0 bridgehead atoms. The van der Waals surface area contributed by atoms with Gasteiger partial charge in [0.05, 0.1) is 24.1 Å². The van der Waals surface area contributed by atoms with Gasteiger partial charge < -0.3 is 10.0 Å². The Morgan fingerprint density at radius 1 is 1.19 bits per heavy atom. The summed E-state index contributed by atoms with van der Waals surface area (Å²) in [7, 11) is -0.726. The third-order valence-corrected chi connectivity index (χ3v) is 5.82. The Balaban J connectivity index is 2.38. The molecule has 1 N–H and O–H groups in total. The van der Waals surface area contributed by atoms with Crippen LogP contribution in [0.25, 0.3) is 0 Å². The molecule has 0 saturated heterocycles. The molecular formula is C16H19N3O5S2. The second kappa shape index (κ2) is 7.42. The largest absolute Gasteiger partial charge is 0.478 e. The molecule has 1 aromatic carbocycles. The molecule has 0 fully saturated rings. The highest BCUT2D eigenvalue weighted by molar-refractivity contribution is 7.92. The number of rotatable bonds is 6. The van der Waals surface area contributed by atoms with Gasteiger partial charge in [-0.25, -0.2) is 18.2 Å². The van der Waals surface area contributed by atoms with Crippen molar-refractivity contribution < 1.29 is 23.1 Å². The average Bonchev–Trinajstić information content (AvgIpc) is 2.96. The molecule has 10 heteroatoms. The summed E-state index contributed by atoms with van der Waals surface area (Å²) in [6.07, 6.45) is 0.999. The van der Waals surface area contributed by atoms with Crippen molar-refractivity contribution in [2.75, 3.05) is 24.7 Å². The Morgan fingerprint density at radius 3 is 2.31 bits per heavy atom. The monoisotopic (exact) mass is 397 g/mol. The number of thiazole rings is 1. The topological polar surface area (TPSA) is 108 Å². The van der Waals surface area contributed by atoms with E-state index in [9.17, 15) is 23.1 Å². The lowest BCUT2D eigenvalue weighted by molar-refractivity contribution is 0.0697. The quantitative estimate of drug-likeness (QED) is 0.797. The van der Waals surface area contributed by atoms with Crippen molar-refractivity contribution >= 4 is 38.9 Å². The van der Waals surface area contributed by atoms with Crippen LogP contribution in [0.4, 0.5) is 5.69 Å². The summed E-state index contributed by atoms with van der Waals surface area (Å²) in [4.78, 5) is 29.8. The number of benzene rings is 1. The van der Waals surface area contributed by atoms with Crippen LogP contribution in [-0.2, 0) is 16.6 Å². The normalized spacial score (nSPS) is 11.2. The van der Waals surface area contributed by atoms with E-state index < -0.39 is 21.9 Å². The zero-order chi connectivity index (χ0) is 19.6. The number of carboxylic acids is 1. The summed E-state index contributed by atoms with van der Waals surface area (Å²) in [5.41, 5.74) is 0.885. The van der Waals surface area contributed by atoms with Gasteiger partial charge in [-0.2, -0.15) is 0 Å². The number of sulfonamides is 1. The molecule has 0 aliphatic heterocycles. The highest BCUT2D eigenvalue weighted by Crippen LogP contribution is 2.22. The number of aryl methyl sites for hydroxylation is 1. The number of nitrogens with zero attached hydrogens (tertiary/aromatic N) is 3. The molecular weight excluding hydrogens is 378 g/mol. The third-order valence-electron chi connectivity index (χ3n) is 3.66. The maximum Gasteiger partial charge on any atom is 0.335 e. The van der Waals surface area contributed by atoms with Crippen LogP contribution in [0.3, 0.4) is 0 Å². The second-order valence-corrected chi connectivity index (χ2v) is 8.80. The van der Waals surface area contributed by atoms with Crippen LogP contribution in [0.2, 0.25) is 0 Å². The van der Waals surface area contributed by atoms with E-state index in [1.807, 2.05) is 12.3 Å². The van der Waals surface area contributed by atoms with Crippen LogP contribution < -0.4 is 4.31 Å². The van der Waals surface area contributed by atoms with E-state index in [2.05, 4.69) is 4.98 Å². The highest BCUT2D eigenvalue weighted by Gasteiger charge is 2.20. The molecule has 0 unspecified atom stereocenters. The summed E-state index contributed by atoms with van der Waals surface area (Å²) in [5.74, 6) is -1.68. The third kappa shape index (κ3) is 4.58. The fourth-order valence-electron chi connectivity index (χ4n) is 2.20. The van der Waals surface area contributed by atoms with Crippen molar-refractivity contribution in [3.63, 3.8) is 0 Å². The molecule has 26 heavy (non-hydrogen) atoms. The van der Waals surface area contributed by atoms with Crippen LogP contribution >= 0.6 is 11.3 Å². The Labute approximate surface area is 155 Å². The lowest BCUT2D eigenvalue weighted by atomic mass is 10.1. The van der Waals surface area contributed by atoms with Crippen LogP contribution in [-0.4, -0.2) is 55.6 Å². The molecule has 1 amide bonds. The number of amides is 1. The Hall–Kier alpha value is -2.46. The van der Waals surface area contributed by atoms with Crippen LogP contribution in [0.5, 0.6) is 0 Å². The molecule has 1 aromatic heterocycles. The lowest BCUT2D eigenvalue weighted by Crippen LogP contribution is -2.28. The fraction of sp³-hybridized carbons (Fsp3) is 0.312. The average molecular weight is 397 g/mol. The molecule has 2 rings (SSSR count). The van der Waals surface area contributed by atoms with Crippen molar-refractivity contribution in [2.24, 2.45) is 0 Å². The Kier molecular flexibility index (Phi) is 5.67. The molecule has 0 radical (unpaired) electrons. The van der Waals surface area contributed by atoms with Crippen molar-refractivity contribution in [1.29, 1.82) is 0 Å². The summed E-state index contributed by atoms with van der Waals surface area (Å²) >= 11 is 1.42. The summed E-state index contributed by atoms with van der Waals surface area (Å²) < 4.78 is 24.4. The van der Waals surface area contributed by atoms with Gasteiger partial charge in [-0.3, -0.25) is 9.10 Å². The Bertz CT molecular complexity index is 953. The first kappa shape index (κ1) is 19.9. The van der Waals surface area contributed by atoms with Crippen molar-refractivity contribution in [2.45, 2.75) is 13.5 Å². The minimum Gasteiger partial charge on any atom is -0.478 e. The first-order valence-electron chi connectivity index (χ1n) is 7.48. The molecule has 8 nitrogen and oxygen atoms in total. The van der Waals surface area contributed by atoms with Gasteiger partial charge in [-0.15, -0.1) is 11.3 Å². The molecule has 2 aromatic rings. The predicted molar refractivity (Wildman–Crippen MR) is 99.3 cm³/mol. The van der Waals surface area contributed by atoms with E-state index in [0.717, 1.165) is 21.3 Å². The number of aromatic nitrogens is 1. The fourth-order valence-corrected chi connectivity index (χ4v) is 3.51. The summed E-state index contributed by atoms with van der Waals surface area (Å²) in [6, 6.07) is 3.80. The van der Waals surface area contributed by atoms with E-state index in [0.29, 0.717) is 0 Å². The number of anilines is 1. The molecule has 0 spiro atoms. The van der Waals surface area contributed by atoms with E-state index in [1.54, 1.807) is 7.05 Å². The smallest absolute Gasteiger partial charge is 0.335 e. The van der Waals surface area contributed by atoms with Gasteiger partial charge in [-0.1, -0.05) is 0 Å². The minimum atomic E-state index is -3.60. The van der Waals surface area contributed by atoms with Crippen molar-refractivity contribution in [1.82, 2.24) is 9.88 Å². The van der Waals surface area contributed by atoms with Gasteiger partial charge in [0.15, 0.2) is 0 Å². The summed E-state index contributed by atoms with van der Waals surface area (Å²) in [6.45, 7) is 2.12. The maximum absolute atomic E-state index is 12.7. The highest BCUT2D eigenvalue weighted by atomic mass is 32.2. The number of hydrogen-bond donors (Lipinski definition) is 1. The Morgan fingerprint density at radius 2 is 1.81 bits per heavy atom. The molecule has 0 saturated carbocycles. The standard InChI is InChI=1S/C16H19N3O5S2/c1-10-9-25-14(17-10)8-18(2)15(20)11-5-12(16(21)22)7-13(6-11)19(3)26(4,23)24/h5-7,9H,8H2,1-4H3,(H,21,22). The molecule has 0 aliphatic rings. The van der Waals surface area contributed by atoms with Gasteiger partial charge in [0.25, 0.3) is 5.91 Å². The molecule has 0 atom stereocenters. The predicted octanol–water partition coefficient (Wildman–Crippen LogP) is 1.82. The molecule has 0 aliphatic carbocycles. The van der Waals surface area contributed by atoms with Crippen molar-refractivity contribution in [3.05, 3.63) is 45.4 Å². The first-order valence-corrected chi connectivity index (χ1v) is 10.2. The van der Waals surface area contributed by atoms with Crippen molar-refractivity contribution in [3.8, 4) is 0 Å². The van der Waals surface area contributed by atoms with E-state index in [-0.39, 0.29) is 23.4 Å². The van der Waals surface area contributed by atoms with Gasteiger partial charge in [-0.05, 0) is 25.1 Å². The molecule has 1 heterocycles. The van der Waals surface area contributed by atoms with Gasteiger partial charge in [0, 0.05) is 30.7 Å². The van der Waals surface area contributed by atoms with Gasteiger partial charge >= 0.3 is 5.97 Å². The van der Waals surface area contributed by atoms with Crippen LogP contribution in [0.15, 0.2) is 23.6 Å². The van der Waals surface area contributed by atoms with E-state index in [1.165, 1.54) is 41.5 Å². The first-order chi connectivity index (χ1) is 12.0. The van der Waals surface area contributed by atoms with Crippen LogP contribution in [0.1, 0.15) is 31.4 Å². The number of carboxylic acid groups (broad SMARTS) is 1. The van der Waals surface area contributed by atoms with Gasteiger partial charge in [0.2, 0.25) is 10.0 Å². The van der Waals surface area contributed by atoms with Crippen LogP contribution in [0, 0.1) is 6.92 Å². The lowest BCUT2D eigenvalue weighted by Gasteiger charge is -2.20. The second-order valence-electron chi connectivity index (χ2n) is 5.85. The van der Waals surface area contributed by atoms with E-state index >= 15 is 0 Å². The van der Waals surface area contributed by atoms with Gasteiger partial charge in [0.1, 0.15) is 5.01 Å². The number of carbonyl (C=O) groups excluding carboxylic acids is 1. The SMILES string of the molecule is Cc1csc(CN(C)C(=O)c2cc(C(=O)O)cc(N(C)S(C)(=O)=O)c2)n1. The zero-order valence-electron chi connectivity index (χ0n) is 14.8. The number of carbonyl (C=O) groups is 2. The zero-order valence-corrected chi connectivity index (χ0v) is 16.4. The van der Waals surface area contributed by atoms with E-state index in [4.69, 9.17) is 0 Å². The number of aromatic carboxylic acids is 1. The summed E-state index contributed by atoms with van der Waals surface area (Å²) in [5, 5.41) is 11.9. The number of hydrogen-bond acceptors (Lipinski definition) is 6. The maximum atomic E-state index is 12.7. The minimum absolute atomic E-state index is 0.0891. The molecule has 140 valence electrons.